The Balaban J connectivity index is 1.36. The van der Waals surface area contributed by atoms with Crippen LogP contribution in [0.2, 0.25) is 0 Å². The summed E-state index contributed by atoms with van der Waals surface area (Å²) in [4.78, 5) is 18.5. The molecule has 256 valence electrons. The van der Waals surface area contributed by atoms with Gasteiger partial charge in [0.2, 0.25) is 11.7 Å². The smallest absolute Gasteiger partial charge is 0.258 e. The van der Waals surface area contributed by atoms with E-state index < -0.39 is 0 Å². The number of rotatable bonds is 15. The molecule has 1 heterocycles. The number of carbonyl (C=O) groups is 1. The number of hydrogen-bond donors (Lipinski definition) is 1. The largest absolute Gasteiger partial charge is 0.497 e. The fourth-order valence-corrected chi connectivity index (χ4v) is 5.45. The molecule has 0 saturated carbocycles. The van der Waals surface area contributed by atoms with Crippen LogP contribution in [0.15, 0.2) is 78.9 Å². The van der Waals surface area contributed by atoms with Gasteiger partial charge in [0.1, 0.15) is 18.1 Å². The number of anilines is 1. The fourth-order valence-electron chi connectivity index (χ4n) is 5.45. The summed E-state index contributed by atoms with van der Waals surface area (Å²) >= 11 is 0. The van der Waals surface area contributed by atoms with E-state index in [4.69, 9.17) is 38.1 Å². The Kier molecular flexibility index (Phi) is 11.1. The minimum atomic E-state index is -0.342. The van der Waals surface area contributed by atoms with E-state index in [1.165, 1.54) is 7.11 Å². The van der Waals surface area contributed by atoms with E-state index in [0.29, 0.717) is 46.7 Å². The molecule has 5 aromatic rings. The van der Waals surface area contributed by atoms with Crippen molar-refractivity contribution in [3.05, 3.63) is 101 Å². The molecule has 1 amide bonds. The van der Waals surface area contributed by atoms with E-state index in [-0.39, 0.29) is 12.5 Å². The molecule has 11 heteroatoms. The summed E-state index contributed by atoms with van der Waals surface area (Å²) in [5.74, 6) is 4.04. The highest BCUT2D eigenvalue weighted by molar-refractivity contribution is 6.04. The Bertz CT molecular complexity index is 1860. The van der Waals surface area contributed by atoms with Gasteiger partial charge in [-0.05, 0) is 90.7 Å². The monoisotopic (exact) mass is 667 g/mol. The van der Waals surface area contributed by atoms with Crippen LogP contribution in [0, 0.1) is 0 Å². The van der Waals surface area contributed by atoms with E-state index in [0.717, 1.165) is 46.0 Å². The van der Waals surface area contributed by atoms with Crippen molar-refractivity contribution in [1.82, 2.24) is 9.55 Å². The van der Waals surface area contributed by atoms with Crippen molar-refractivity contribution in [3.8, 4) is 51.5 Å². The third-order valence-corrected chi connectivity index (χ3v) is 8.16. The molecule has 11 nitrogen and oxygen atoms in total. The highest BCUT2D eigenvalue weighted by atomic mass is 16.5. The molecule has 49 heavy (non-hydrogen) atoms. The molecule has 1 aromatic heterocycles. The lowest BCUT2D eigenvalue weighted by atomic mass is 10.0. The van der Waals surface area contributed by atoms with E-state index in [2.05, 4.69) is 17.4 Å². The van der Waals surface area contributed by atoms with Gasteiger partial charge in [0, 0.05) is 23.9 Å². The molecule has 0 spiro atoms. The lowest BCUT2D eigenvalue weighted by molar-refractivity contribution is 0.102. The van der Waals surface area contributed by atoms with Crippen molar-refractivity contribution in [2.24, 2.45) is 7.05 Å². The first-order valence-corrected chi connectivity index (χ1v) is 15.6. The summed E-state index contributed by atoms with van der Waals surface area (Å²) in [6.07, 6.45) is 1.47. The fraction of sp³-hybridized carbons (Fsp3) is 0.263. The molecule has 5 rings (SSSR count). The summed E-state index contributed by atoms with van der Waals surface area (Å²) in [5.41, 5.74) is 5.01. The van der Waals surface area contributed by atoms with Gasteiger partial charge in [-0.1, -0.05) is 12.1 Å². The van der Waals surface area contributed by atoms with Gasteiger partial charge < -0.3 is 37.7 Å². The molecule has 1 N–H and O–H groups in total. The Hall–Kier alpha value is -5.84. The van der Waals surface area contributed by atoms with Gasteiger partial charge in [-0.2, -0.15) is 0 Å². The minimum absolute atomic E-state index is 0.194. The predicted molar refractivity (Wildman–Crippen MR) is 187 cm³/mol. The normalized spacial score (nSPS) is 10.7. The number of nitrogens with zero attached hydrogens (tertiary/aromatic N) is 2. The van der Waals surface area contributed by atoms with Crippen molar-refractivity contribution in [3.63, 3.8) is 0 Å². The average molecular weight is 668 g/mol. The number of benzene rings is 4. The van der Waals surface area contributed by atoms with Gasteiger partial charge in [0.15, 0.2) is 23.0 Å². The number of aromatic nitrogens is 2. The van der Waals surface area contributed by atoms with Crippen LogP contribution in [0.4, 0.5) is 5.95 Å². The molecule has 0 radical (unpaired) electrons. The second-order valence-electron chi connectivity index (χ2n) is 11.0. The number of carbonyl (C=O) groups excluding carboxylic acids is 1. The Morgan fingerprint density at radius 1 is 0.653 bits per heavy atom. The van der Waals surface area contributed by atoms with Gasteiger partial charge in [0.05, 0.1) is 48.4 Å². The highest BCUT2D eigenvalue weighted by Crippen LogP contribution is 2.39. The number of nitrogens with one attached hydrogen (secondary N) is 1. The lowest BCUT2D eigenvalue weighted by Gasteiger charge is -2.16. The van der Waals surface area contributed by atoms with Gasteiger partial charge in [0.25, 0.3) is 5.91 Å². The van der Waals surface area contributed by atoms with Crippen LogP contribution in [0.25, 0.3) is 11.3 Å². The summed E-state index contributed by atoms with van der Waals surface area (Å²) in [6.45, 7) is 0.194. The van der Waals surface area contributed by atoms with Crippen molar-refractivity contribution in [1.29, 1.82) is 0 Å². The third-order valence-electron chi connectivity index (χ3n) is 8.16. The average Bonchev–Trinajstić information content (AvgIpc) is 3.46. The number of methoxy groups -OCH3 is 6. The van der Waals surface area contributed by atoms with Gasteiger partial charge in [-0.15, -0.1) is 0 Å². The second-order valence-corrected chi connectivity index (χ2v) is 11.0. The van der Waals surface area contributed by atoms with Crippen LogP contribution in [0.1, 0.15) is 27.2 Å². The summed E-state index contributed by atoms with van der Waals surface area (Å²) in [5, 5.41) is 2.99. The van der Waals surface area contributed by atoms with Crippen molar-refractivity contribution >= 4 is 11.9 Å². The maximum absolute atomic E-state index is 13.6. The van der Waals surface area contributed by atoms with Gasteiger partial charge >= 0.3 is 0 Å². The molecule has 0 aliphatic carbocycles. The zero-order valence-corrected chi connectivity index (χ0v) is 28.8. The van der Waals surface area contributed by atoms with Crippen molar-refractivity contribution in [2.75, 3.05) is 48.0 Å². The molecule has 0 atom stereocenters. The molecule has 0 bridgehead atoms. The lowest BCUT2D eigenvalue weighted by Crippen LogP contribution is -2.16. The van der Waals surface area contributed by atoms with Crippen LogP contribution < -0.4 is 38.5 Å². The van der Waals surface area contributed by atoms with Crippen molar-refractivity contribution in [2.45, 2.75) is 19.4 Å². The highest BCUT2D eigenvalue weighted by Gasteiger charge is 2.20. The number of ether oxygens (including phenoxy) is 7. The zero-order valence-electron chi connectivity index (χ0n) is 28.8. The standard InChI is InChI=1S/C38H41N3O8/c1-41-30(18-10-24-8-14-28(43-2)15-9-24)35(26-11-16-29(44-3)17-12-26)39-38(41)40-37(42)27-13-19-31(32(22-27)45-4)49-23-25-20-33(46-5)36(48-7)34(21-25)47-6/h8-9,11-17,19-22H,10,18,23H2,1-7H3,(H,39,40,42). The van der Waals surface area contributed by atoms with Crippen LogP contribution in [0.3, 0.4) is 0 Å². The molecule has 0 aliphatic heterocycles. The summed E-state index contributed by atoms with van der Waals surface area (Å²) in [7, 11) is 11.4. The Morgan fingerprint density at radius 2 is 1.27 bits per heavy atom. The maximum Gasteiger partial charge on any atom is 0.258 e. The van der Waals surface area contributed by atoms with Crippen LogP contribution in [-0.4, -0.2) is 58.1 Å². The second kappa shape index (κ2) is 15.8. The van der Waals surface area contributed by atoms with Gasteiger partial charge in [-0.3, -0.25) is 10.1 Å². The first kappa shape index (κ1) is 34.5. The van der Waals surface area contributed by atoms with E-state index in [1.54, 1.807) is 53.7 Å². The molecule has 0 fully saturated rings. The van der Waals surface area contributed by atoms with Crippen molar-refractivity contribution < 1.29 is 38.0 Å². The Labute approximate surface area is 286 Å². The quantitative estimate of drug-likeness (QED) is 0.130. The van der Waals surface area contributed by atoms with Crippen LogP contribution >= 0.6 is 0 Å². The summed E-state index contributed by atoms with van der Waals surface area (Å²) < 4.78 is 40.6. The van der Waals surface area contributed by atoms with Crippen LogP contribution in [-0.2, 0) is 26.5 Å². The predicted octanol–water partition coefficient (Wildman–Crippen LogP) is 6.76. The zero-order chi connectivity index (χ0) is 34.9. The first-order valence-electron chi connectivity index (χ1n) is 15.6. The molecule has 4 aromatic carbocycles. The molecular weight excluding hydrogens is 626 g/mol. The van der Waals surface area contributed by atoms with E-state index >= 15 is 0 Å². The number of hydrogen-bond acceptors (Lipinski definition) is 9. The van der Waals surface area contributed by atoms with E-state index in [1.807, 2.05) is 60.1 Å². The molecular formula is C38H41N3O8. The minimum Gasteiger partial charge on any atom is -0.497 e. The first-order chi connectivity index (χ1) is 23.8. The maximum atomic E-state index is 13.6. The number of amides is 1. The molecule has 0 aliphatic rings. The van der Waals surface area contributed by atoms with Crippen LogP contribution in [0.5, 0.6) is 40.2 Å². The molecule has 0 unspecified atom stereocenters. The topological polar surface area (TPSA) is 112 Å². The number of imidazole rings is 1. The van der Waals surface area contributed by atoms with Gasteiger partial charge in [-0.25, -0.2) is 4.98 Å². The number of aryl methyl sites for hydroxylation is 1. The Morgan fingerprint density at radius 3 is 1.84 bits per heavy atom. The van der Waals surface area contributed by atoms with E-state index in [9.17, 15) is 4.79 Å². The summed E-state index contributed by atoms with van der Waals surface area (Å²) in [6, 6.07) is 24.4. The SMILES string of the molecule is COc1ccc(CCc2c(-c3ccc(OC)cc3)nc(NC(=O)c3ccc(OCc4cc(OC)c(OC)c(OC)c4)c(OC)c3)n2C)cc1. The molecule has 0 saturated heterocycles. The third kappa shape index (κ3) is 7.83.